The summed E-state index contributed by atoms with van der Waals surface area (Å²) in [6.07, 6.45) is 5.21. The average molecular weight is 257 g/mol. The summed E-state index contributed by atoms with van der Waals surface area (Å²) >= 11 is 0. The molecule has 1 saturated heterocycles. The number of rotatable bonds is 3. The predicted octanol–water partition coefficient (Wildman–Crippen LogP) is 1.28. The molecule has 0 bridgehead atoms. The summed E-state index contributed by atoms with van der Waals surface area (Å²) in [5, 5.41) is 0. The first-order valence-electron chi connectivity index (χ1n) is 5.44. The third-order valence-corrected chi connectivity index (χ3v) is 3.25. The molecule has 0 spiro atoms. The van der Waals surface area contributed by atoms with Gasteiger partial charge >= 0.3 is 0 Å². The van der Waals surface area contributed by atoms with Crippen LogP contribution in [-0.2, 0) is 19.0 Å². The van der Waals surface area contributed by atoms with E-state index < -0.39 is 10.1 Å². The van der Waals surface area contributed by atoms with Crippen molar-refractivity contribution in [2.24, 2.45) is 0 Å². The van der Waals surface area contributed by atoms with Gasteiger partial charge in [-0.15, -0.1) is 0 Å². The molecule has 1 fully saturated rings. The van der Waals surface area contributed by atoms with E-state index >= 15 is 0 Å². The third-order valence-electron chi connectivity index (χ3n) is 2.62. The number of nitrogens with zero attached hydrogens (tertiary/aromatic N) is 1. The zero-order valence-electron chi connectivity index (χ0n) is 9.57. The molecule has 0 unspecified atom stereocenters. The van der Waals surface area contributed by atoms with Crippen LogP contribution in [0.3, 0.4) is 0 Å². The minimum Gasteiger partial charge on any atom is -0.373 e. The number of hydrogen-bond donors (Lipinski definition) is 0. The molecule has 5 nitrogen and oxygen atoms in total. The second-order valence-corrected chi connectivity index (χ2v) is 5.69. The summed E-state index contributed by atoms with van der Waals surface area (Å²) in [5.74, 6) is 0. The SMILES string of the molecule is CS(=O)(=O)O[C@H]1CCO[C@H](c2ccncc2)C1. The van der Waals surface area contributed by atoms with Crippen molar-refractivity contribution >= 4 is 10.1 Å². The molecule has 0 aliphatic carbocycles. The lowest BCUT2D eigenvalue weighted by Crippen LogP contribution is -2.28. The fourth-order valence-corrected chi connectivity index (χ4v) is 2.58. The molecule has 2 heterocycles. The molecule has 1 aliphatic heterocycles. The van der Waals surface area contributed by atoms with E-state index in [0.29, 0.717) is 19.4 Å². The Balaban J connectivity index is 2.03. The Morgan fingerprint density at radius 1 is 1.41 bits per heavy atom. The van der Waals surface area contributed by atoms with Crippen LogP contribution in [0.15, 0.2) is 24.5 Å². The third kappa shape index (κ3) is 3.76. The molecule has 2 rings (SSSR count). The summed E-state index contributed by atoms with van der Waals surface area (Å²) in [6.45, 7) is 0.507. The van der Waals surface area contributed by atoms with Crippen LogP contribution in [0.5, 0.6) is 0 Å². The van der Waals surface area contributed by atoms with Crippen molar-refractivity contribution < 1.29 is 17.3 Å². The van der Waals surface area contributed by atoms with Gasteiger partial charge in [-0.1, -0.05) is 0 Å². The van der Waals surface area contributed by atoms with Crippen LogP contribution < -0.4 is 0 Å². The van der Waals surface area contributed by atoms with Crippen molar-refractivity contribution in [3.05, 3.63) is 30.1 Å². The van der Waals surface area contributed by atoms with Crippen molar-refractivity contribution in [3.63, 3.8) is 0 Å². The maximum absolute atomic E-state index is 11.1. The zero-order valence-corrected chi connectivity index (χ0v) is 10.4. The van der Waals surface area contributed by atoms with Gasteiger partial charge in [-0.2, -0.15) is 8.42 Å². The fourth-order valence-electron chi connectivity index (χ4n) is 1.91. The van der Waals surface area contributed by atoms with Gasteiger partial charge in [0.1, 0.15) is 0 Å². The first kappa shape index (κ1) is 12.5. The molecule has 0 radical (unpaired) electrons. The molecular formula is C11H15NO4S. The Labute approximate surface area is 101 Å². The van der Waals surface area contributed by atoms with Gasteiger partial charge in [-0.3, -0.25) is 9.17 Å². The van der Waals surface area contributed by atoms with Crippen molar-refractivity contribution in [1.29, 1.82) is 0 Å². The Hall–Kier alpha value is -0.980. The largest absolute Gasteiger partial charge is 0.373 e. The average Bonchev–Trinajstić information content (AvgIpc) is 2.28. The van der Waals surface area contributed by atoms with E-state index in [2.05, 4.69) is 4.98 Å². The van der Waals surface area contributed by atoms with E-state index in [-0.39, 0.29) is 12.2 Å². The first-order chi connectivity index (χ1) is 8.04. The Kier molecular flexibility index (Phi) is 3.76. The molecule has 94 valence electrons. The number of hydrogen-bond acceptors (Lipinski definition) is 5. The van der Waals surface area contributed by atoms with Crippen molar-refractivity contribution in [2.45, 2.75) is 25.0 Å². The van der Waals surface area contributed by atoms with Crippen LogP contribution in [0.4, 0.5) is 0 Å². The Morgan fingerprint density at radius 2 is 2.12 bits per heavy atom. The maximum atomic E-state index is 11.1. The smallest absolute Gasteiger partial charge is 0.264 e. The van der Waals surface area contributed by atoms with E-state index in [1.54, 1.807) is 12.4 Å². The van der Waals surface area contributed by atoms with E-state index in [9.17, 15) is 8.42 Å². The van der Waals surface area contributed by atoms with Gasteiger partial charge in [-0.05, 0) is 24.1 Å². The molecule has 0 amide bonds. The minimum absolute atomic E-state index is 0.113. The number of pyridine rings is 1. The first-order valence-corrected chi connectivity index (χ1v) is 7.26. The van der Waals surface area contributed by atoms with Crippen molar-refractivity contribution in [2.75, 3.05) is 12.9 Å². The molecular weight excluding hydrogens is 242 g/mol. The van der Waals surface area contributed by atoms with E-state index in [1.165, 1.54) is 0 Å². The Morgan fingerprint density at radius 3 is 2.76 bits per heavy atom. The highest BCUT2D eigenvalue weighted by Gasteiger charge is 2.26. The van der Waals surface area contributed by atoms with Crippen molar-refractivity contribution in [1.82, 2.24) is 4.98 Å². The quantitative estimate of drug-likeness (QED) is 0.763. The molecule has 0 N–H and O–H groups in total. The van der Waals surface area contributed by atoms with Crippen LogP contribution in [-0.4, -0.2) is 32.4 Å². The molecule has 6 heteroatoms. The van der Waals surface area contributed by atoms with Gasteiger partial charge in [0.15, 0.2) is 0 Å². The van der Waals surface area contributed by atoms with Gasteiger partial charge < -0.3 is 4.74 Å². The van der Waals surface area contributed by atoms with Crippen LogP contribution >= 0.6 is 0 Å². The second kappa shape index (κ2) is 5.12. The number of ether oxygens (including phenoxy) is 1. The van der Waals surface area contributed by atoms with Gasteiger partial charge in [0.25, 0.3) is 10.1 Å². The van der Waals surface area contributed by atoms with Crippen LogP contribution in [0.1, 0.15) is 24.5 Å². The molecule has 1 aliphatic rings. The van der Waals surface area contributed by atoms with E-state index in [4.69, 9.17) is 8.92 Å². The lowest BCUT2D eigenvalue weighted by Gasteiger charge is -2.28. The summed E-state index contributed by atoms with van der Waals surface area (Å²) in [6, 6.07) is 3.74. The number of aromatic nitrogens is 1. The highest BCUT2D eigenvalue weighted by molar-refractivity contribution is 7.86. The van der Waals surface area contributed by atoms with Gasteiger partial charge in [0, 0.05) is 25.4 Å². The lowest BCUT2D eigenvalue weighted by atomic mass is 10.0. The van der Waals surface area contributed by atoms with Gasteiger partial charge in [0.2, 0.25) is 0 Å². The molecule has 0 saturated carbocycles. The van der Waals surface area contributed by atoms with E-state index in [1.807, 2.05) is 12.1 Å². The maximum Gasteiger partial charge on any atom is 0.264 e. The van der Waals surface area contributed by atoms with Gasteiger partial charge in [-0.25, -0.2) is 0 Å². The topological polar surface area (TPSA) is 65.5 Å². The summed E-state index contributed by atoms with van der Waals surface area (Å²) in [5.41, 5.74) is 1.00. The fraction of sp³-hybridized carbons (Fsp3) is 0.545. The van der Waals surface area contributed by atoms with Crippen LogP contribution in [0, 0.1) is 0 Å². The normalized spacial score (nSPS) is 25.7. The summed E-state index contributed by atoms with van der Waals surface area (Å²) < 4.78 is 32.8. The van der Waals surface area contributed by atoms with Crippen LogP contribution in [0.25, 0.3) is 0 Å². The highest BCUT2D eigenvalue weighted by atomic mass is 32.2. The molecule has 0 aromatic carbocycles. The van der Waals surface area contributed by atoms with Gasteiger partial charge in [0.05, 0.1) is 18.5 Å². The molecule has 17 heavy (non-hydrogen) atoms. The summed E-state index contributed by atoms with van der Waals surface area (Å²) in [7, 11) is -3.40. The lowest BCUT2D eigenvalue weighted by molar-refractivity contribution is -0.0342. The zero-order chi connectivity index (χ0) is 12.3. The standard InChI is InChI=1S/C11H15NO4S/c1-17(13,14)16-10-4-7-15-11(8-10)9-2-5-12-6-3-9/h2-3,5-6,10-11H,4,7-8H2,1H3/t10-,11-/m0/s1. The minimum atomic E-state index is -3.40. The molecule has 2 atom stereocenters. The second-order valence-electron chi connectivity index (χ2n) is 4.09. The highest BCUT2D eigenvalue weighted by Crippen LogP contribution is 2.29. The Bertz CT molecular complexity index is 460. The monoisotopic (exact) mass is 257 g/mol. The molecule has 1 aromatic heterocycles. The van der Waals surface area contributed by atoms with E-state index in [0.717, 1.165) is 11.8 Å². The summed E-state index contributed by atoms with van der Waals surface area (Å²) in [4.78, 5) is 3.94. The predicted molar refractivity (Wildman–Crippen MR) is 61.9 cm³/mol. The van der Waals surface area contributed by atoms with Crippen LogP contribution in [0.2, 0.25) is 0 Å². The molecule has 1 aromatic rings. The van der Waals surface area contributed by atoms with Crippen molar-refractivity contribution in [3.8, 4) is 0 Å².